The summed E-state index contributed by atoms with van der Waals surface area (Å²) in [4.78, 5) is 28.8. The zero-order valence-corrected chi connectivity index (χ0v) is 16.0. The average molecular weight is 369 g/mol. The van der Waals surface area contributed by atoms with Gasteiger partial charge < -0.3 is 15.5 Å². The highest BCUT2D eigenvalue weighted by Crippen LogP contribution is 2.42. The second-order valence-corrected chi connectivity index (χ2v) is 7.32. The Kier molecular flexibility index (Phi) is 5.52. The van der Waals surface area contributed by atoms with Crippen LogP contribution in [0, 0.1) is 0 Å². The van der Waals surface area contributed by atoms with Crippen LogP contribution in [-0.2, 0) is 0 Å². The molecule has 0 radical (unpaired) electrons. The number of benzene rings is 2. The predicted octanol–water partition coefficient (Wildman–Crippen LogP) is 4.74. The van der Waals surface area contributed by atoms with Crippen LogP contribution < -0.4 is 15.5 Å². The Hall–Kier alpha value is -2.47. The summed E-state index contributed by atoms with van der Waals surface area (Å²) in [7, 11) is 0. The summed E-state index contributed by atoms with van der Waals surface area (Å²) in [5, 5.41) is 5.74. The number of amides is 3. The molecule has 0 saturated heterocycles. The lowest BCUT2D eigenvalue weighted by atomic mass is 10.1. The minimum Gasteiger partial charge on any atom is -0.335 e. The van der Waals surface area contributed by atoms with Crippen molar-refractivity contribution in [2.75, 3.05) is 16.8 Å². The maximum atomic E-state index is 13.0. The number of hydrogen-bond acceptors (Lipinski definition) is 3. The number of rotatable bonds is 4. The summed E-state index contributed by atoms with van der Waals surface area (Å²) in [6.07, 6.45) is 0.866. The van der Waals surface area contributed by atoms with Gasteiger partial charge >= 0.3 is 6.03 Å². The summed E-state index contributed by atoms with van der Waals surface area (Å²) in [5.41, 5.74) is 2.20. The van der Waals surface area contributed by atoms with Crippen molar-refractivity contribution in [2.45, 2.75) is 43.0 Å². The molecule has 0 aliphatic carbocycles. The Morgan fingerprint density at radius 2 is 1.92 bits per heavy atom. The van der Waals surface area contributed by atoms with Gasteiger partial charge in [-0.15, -0.1) is 0 Å². The zero-order chi connectivity index (χ0) is 18.7. The van der Waals surface area contributed by atoms with E-state index >= 15 is 0 Å². The molecule has 0 fully saturated rings. The van der Waals surface area contributed by atoms with Crippen LogP contribution in [0.2, 0.25) is 0 Å². The largest absolute Gasteiger partial charge is 0.335 e. The molecule has 2 aromatic carbocycles. The number of nitrogens with zero attached hydrogens (tertiary/aromatic N) is 1. The molecule has 26 heavy (non-hydrogen) atoms. The van der Waals surface area contributed by atoms with Crippen molar-refractivity contribution in [1.82, 2.24) is 5.32 Å². The van der Waals surface area contributed by atoms with Crippen molar-refractivity contribution in [3.05, 3.63) is 48.0 Å². The average Bonchev–Trinajstić information content (AvgIpc) is 2.75. The van der Waals surface area contributed by atoms with E-state index < -0.39 is 0 Å². The second-order valence-electron chi connectivity index (χ2n) is 6.24. The molecule has 0 bridgehead atoms. The van der Waals surface area contributed by atoms with E-state index in [1.165, 1.54) is 0 Å². The van der Waals surface area contributed by atoms with Crippen molar-refractivity contribution in [3.8, 4) is 0 Å². The first-order valence-electron chi connectivity index (χ1n) is 8.83. The molecule has 1 aliphatic rings. The van der Waals surface area contributed by atoms with Gasteiger partial charge in [0.2, 0.25) is 0 Å². The van der Waals surface area contributed by atoms with Crippen LogP contribution in [0.4, 0.5) is 16.2 Å². The maximum absolute atomic E-state index is 13.0. The molecule has 1 atom stereocenters. The third kappa shape index (κ3) is 3.70. The lowest BCUT2D eigenvalue weighted by Gasteiger charge is -2.22. The van der Waals surface area contributed by atoms with Crippen LogP contribution in [0.25, 0.3) is 0 Å². The molecular weight excluding hydrogens is 346 g/mol. The van der Waals surface area contributed by atoms with Gasteiger partial charge in [-0.05, 0) is 50.6 Å². The number of carbonyl (C=O) groups excluding carboxylic acids is 2. The van der Waals surface area contributed by atoms with E-state index in [-0.39, 0.29) is 18.0 Å². The molecular formula is C20H23N3O2S. The molecule has 5 nitrogen and oxygen atoms in total. The van der Waals surface area contributed by atoms with Gasteiger partial charge in [0.05, 0.1) is 11.3 Å². The number of urea groups is 1. The number of fused-ring (bicyclic) bond motifs is 2. The lowest BCUT2D eigenvalue weighted by molar-refractivity contribution is 0.0985. The minimum absolute atomic E-state index is 0.0180. The highest BCUT2D eigenvalue weighted by Gasteiger charge is 2.26. The Balaban J connectivity index is 1.92. The van der Waals surface area contributed by atoms with Gasteiger partial charge in [0, 0.05) is 28.1 Å². The summed E-state index contributed by atoms with van der Waals surface area (Å²) in [6, 6.07) is 13.2. The molecule has 0 saturated carbocycles. The van der Waals surface area contributed by atoms with Crippen LogP contribution in [-0.4, -0.2) is 24.5 Å². The van der Waals surface area contributed by atoms with E-state index in [1.54, 1.807) is 16.7 Å². The van der Waals surface area contributed by atoms with E-state index in [0.717, 1.165) is 21.9 Å². The van der Waals surface area contributed by atoms with Gasteiger partial charge in [-0.2, -0.15) is 0 Å². The van der Waals surface area contributed by atoms with Crippen LogP contribution in [0.3, 0.4) is 0 Å². The van der Waals surface area contributed by atoms with Crippen molar-refractivity contribution in [3.63, 3.8) is 0 Å². The second kappa shape index (κ2) is 7.83. The fraction of sp³-hybridized carbons (Fsp3) is 0.300. The molecule has 3 amide bonds. The molecule has 2 N–H and O–H groups in total. The zero-order valence-electron chi connectivity index (χ0n) is 15.2. The van der Waals surface area contributed by atoms with Gasteiger partial charge in [-0.3, -0.25) is 4.79 Å². The molecule has 3 rings (SSSR count). The Bertz CT molecular complexity index is 838. The predicted molar refractivity (Wildman–Crippen MR) is 106 cm³/mol. The van der Waals surface area contributed by atoms with Gasteiger partial charge in [0.25, 0.3) is 5.91 Å². The molecule has 6 heteroatoms. The van der Waals surface area contributed by atoms with Crippen LogP contribution >= 0.6 is 11.8 Å². The summed E-state index contributed by atoms with van der Waals surface area (Å²) in [5.74, 6) is -0.0180. The highest BCUT2D eigenvalue weighted by molar-refractivity contribution is 7.99. The van der Waals surface area contributed by atoms with Gasteiger partial charge in [-0.1, -0.05) is 30.8 Å². The third-order valence-corrected chi connectivity index (χ3v) is 5.54. The summed E-state index contributed by atoms with van der Waals surface area (Å²) < 4.78 is 0. The topological polar surface area (TPSA) is 61.4 Å². The SMILES string of the molecule is CCC(C)NC(=O)Nc1ccc2c(c1)N(CC)C(=O)c1ccccc1S2. The van der Waals surface area contributed by atoms with E-state index in [4.69, 9.17) is 0 Å². The van der Waals surface area contributed by atoms with Gasteiger partial charge in [0.15, 0.2) is 0 Å². The fourth-order valence-electron chi connectivity index (χ4n) is 2.80. The van der Waals surface area contributed by atoms with E-state index in [2.05, 4.69) is 10.6 Å². The first kappa shape index (κ1) is 18.3. The smallest absolute Gasteiger partial charge is 0.319 e. The number of anilines is 2. The monoisotopic (exact) mass is 369 g/mol. The standard InChI is InChI=1S/C20H23N3O2S/c1-4-13(3)21-20(25)22-14-10-11-18-16(12-14)23(5-2)19(24)15-8-6-7-9-17(15)26-18/h6-13H,4-5H2,1-3H3,(H2,21,22,25). The number of hydrogen-bond donors (Lipinski definition) is 2. The van der Waals surface area contributed by atoms with Crippen LogP contribution in [0.5, 0.6) is 0 Å². The van der Waals surface area contributed by atoms with Crippen LogP contribution in [0.15, 0.2) is 52.3 Å². The van der Waals surface area contributed by atoms with E-state index in [1.807, 2.05) is 63.2 Å². The maximum Gasteiger partial charge on any atom is 0.319 e. The first-order valence-corrected chi connectivity index (χ1v) is 9.65. The molecule has 136 valence electrons. The summed E-state index contributed by atoms with van der Waals surface area (Å²) >= 11 is 1.58. The molecule has 0 aromatic heterocycles. The van der Waals surface area contributed by atoms with Crippen LogP contribution in [0.1, 0.15) is 37.6 Å². The number of nitrogens with one attached hydrogen (secondary N) is 2. The molecule has 2 aromatic rings. The molecule has 0 spiro atoms. The quantitative estimate of drug-likeness (QED) is 0.818. The van der Waals surface area contributed by atoms with Crippen molar-refractivity contribution in [1.29, 1.82) is 0 Å². The molecule has 1 heterocycles. The molecule has 1 aliphatic heterocycles. The number of carbonyl (C=O) groups is 2. The molecule has 1 unspecified atom stereocenters. The fourth-order valence-corrected chi connectivity index (χ4v) is 3.86. The van der Waals surface area contributed by atoms with Crippen molar-refractivity contribution in [2.24, 2.45) is 0 Å². The normalized spacial score (nSPS) is 14.1. The lowest BCUT2D eigenvalue weighted by Crippen LogP contribution is -2.35. The first-order chi connectivity index (χ1) is 12.5. The van der Waals surface area contributed by atoms with E-state index in [9.17, 15) is 9.59 Å². The van der Waals surface area contributed by atoms with Gasteiger partial charge in [-0.25, -0.2) is 4.79 Å². The van der Waals surface area contributed by atoms with Crippen molar-refractivity contribution >= 4 is 35.1 Å². The van der Waals surface area contributed by atoms with E-state index in [0.29, 0.717) is 17.8 Å². The highest BCUT2D eigenvalue weighted by atomic mass is 32.2. The Morgan fingerprint density at radius 1 is 1.15 bits per heavy atom. The third-order valence-electron chi connectivity index (χ3n) is 4.40. The Morgan fingerprint density at radius 3 is 2.65 bits per heavy atom. The van der Waals surface area contributed by atoms with Crippen molar-refractivity contribution < 1.29 is 9.59 Å². The van der Waals surface area contributed by atoms with Gasteiger partial charge in [0.1, 0.15) is 0 Å². The Labute approximate surface area is 158 Å². The summed E-state index contributed by atoms with van der Waals surface area (Å²) in [6.45, 7) is 6.49. The minimum atomic E-state index is -0.238.